The highest BCUT2D eigenvalue weighted by Gasteiger charge is 2.42. The van der Waals surface area contributed by atoms with Crippen LogP contribution >= 0.6 is 0 Å². The van der Waals surface area contributed by atoms with E-state index in [1.807, 2.05) is 13.8 Å². The standard InChI is InChI=1S/C13H26N2O2/c1-9(12(2,3)4)14-11(17)15-13(5,8-16)10-6-7-10/h9-10,16H,6-8H2,1-5H3,(H2,14,15,17). The highest BCUT2D eigenvalue weighted by atomic mass is 16.3. The quantitative estimate of drug-likeness (QED) is 0.705. The molecule has 0 saturated heterocycles. The molecule has 1 aliphatic rings. The molecule has 0 spiro atoms. The number of aliphatic hydroxyl groups excluding tert-OH is 1. The van der Waals surface area contributed by atoms with Crippen molar-refractivity contribution < 1.29 is 9.90 Å². The van der Waals surface area contributed by atoms with Crippen molar-refractivity contribution in [2.24, 2.45) is 11.3 Å². The van der Waals surface area contributed by atoms with Gasteiger partial charge in [0.2, 0.25) is 0 Å². The van der Waals surface area contributed by atoms with Crippen LogP contribution in [-0.4, -0.2) is 29.3 Å². The van der Waals surface area contributed by atoms with Crippen molar-refractivity contribution in [1.82, 2.24) is 10.6 Å². The second kappa shape index (κ2) is 4.84. The molecule has 2 atom stereocenters. The normalized spacial score (nSPS) is 21.5. The number of rotatable bonds is 4. The summed E-state index contributed by atoms with van der Waals surface area (Å²) < 4.78 is 0. The van der Waals surface area contributed by atoms with Gasteiger partial charge < -0.3 is 15.7 Å². The smallest absolute Gasteiger partial charge is 0.315 e. The van der Waals surface area contributed by atoms with Gasteiger partial charge in [0.05, 0.1) is 12.1 Å². The number of urea groups is 1. The highest BCUT2D eigenvalue weighted by molar-refractivity contribution is 5.75. The maximum absolute atomic E-state index is 11.9. The van der Waals surface area contributed by atoms with Gasteiger partial charge in [0.25, 0.3) is 0 Å². The molecule has 17 heavy (non-hydrogen) atoms. The van der Waals surface area contributed by atoms with Crippen molar-refractivity contribution in [2.75, 3.05) is 6.61 Å². The summed E-state index contributed by atoms with van der Waals surface area (Å²) in [6.45, 7) is 10.2. The monoisotopic (exact) mass is 242 g/mol. The summed E-state index contributed by atoms with van der Waals surface area (Å²) in [4.78, 5) is 11.9. The maximum Gasteiger partial charge on any atom is 0.315 e. The van der Waals surface area contributed by atoms with Crippen molar-refractivity contribution in [1.29, 1.82) is 0 Å². The molecule has 0 aliphatic heterocycles. The molecular weight excluding hydrogens is 216 g/mol. The zero-order valence-corrected chi connectivity index (χ0v) is 11.6. The number of amides is 2. The van der Waals surface area contributed by atoms with Crippen LogP contribution in [-0.2, 0) is 0 Å². The molecule has 1 fully saturated rings. The largest absolute Gasteiger partial charge is 0.394 e. The van der Waals surface area contributed by atoms with Crippen molar-refractivity contribution in [3.63, 3.8) is 0 Å². The predicted molar refractivity (Wildman–Crippen MR) is 68.8 cm³/mol. The van der Waals surface area contributed by atoms with Crippen LogP contribution < -0.4 is 10.6 Å². The third-order valence-electron chi connectivity index (χ3n) is 3.85. The molecule has 4 nitrogen and oxygen atoms in total. The molecule has 100 valence electrons. The van der Waals surface area contributed by atoms with E-state index in [1.54, 1.807) is 0 Å². The second-order valence-corrected chi connectivity index (χ2v) is 6.54. The van der Waals surface area contributed by atoms with Gasteiger partial charge in [-0.05, 0) is 38.0 Å². The number of carbonyl (C=O) groups excluding carboxylic acids is 1. The summed E-state index contributed by atoms with van der Waals surface area (Å²) >= 11 is 0. The lowest BCUT2D eigenvalue weighted by molar-refractivity contribution is 0.151. The Morgan fingerprint density at radius 2 is 1.88 bits per heavy atom. The molecule has 0 radical (unpaired) electrons. The molecule has 1 rings (SSSR count). The second-order valence-electron chi connectivity index (χ2n) is 6.54. The Balaban J connectivity index is 2.48. The van der Waals surface area contributed by atoms with Crippen LogP contribution in [0.15, 0.2) is 0 Å². The van der Waals surface area contributed by atoms with Crippen molar-refractivity contribution in [2.45, 2.75) is 59.0 Å². The van der Waals surface area contributed by atoms with Gasteiger partial charge in [-0.3, -0.25) is 0 Å². The van der Waals surface area contributed by atoms with Crippen molar-refractivity contribution >= 4 is 6.03 Å². The molecule has 3 N–H and O–H groups in total. The third-order valence-corrected chi connectivity index (χ3v) is 3.85. The molecule has 2 amide bonds. The fourth-order valence-electron chi connectivity index (χ4n) is 1.70. The van der Waals surface area contributed by atoms with Crippen LogP contribution in [0.25, 0.3) is 0 Å². The maximum atomic E-state index is 11.9. The van der Waals surface area contributed by atoms with Crippen molar-refractivity contribution in [3.8, 4) is 0 Å². The van der Waals surface area contributed by atoms with E-state index >= 15 is 0 Å². The molecule has 1 saturated carbocycles. The Morgan fingerprint density at radius 1 is 1.35 bits per heavy atom. The molecular formula is C13H26N2O2. The molecule has 0 heterocycles. The molecule has 0 aromatic heterocycles. The number of hydrogen-bond donors (Lipinski definition) is 3. The molecule has 4 heteroatoms. The first-order valence-corrected chi connectivity index (χ1v) is 6.38. The summed E-state index contributed by atoms with van der Waals surface area (Å²) in [5.74, 6) is 0.420. The predicted octanol–water partition coefficient (Wildman–Crippen LogP) is 1.88. The lowest BCUT2D eigenvalue weighted by Crippen LogP contribution is -2.56. The molecule has 1 aliphatic carbocycles. The summed E-state index contributed by atoms with van der Waals surface area (Å²) in [7, 11) is 0. The van der Waals surface area contributed by atoms with E-state index in [-0.39, 0.29) is 24.1 Å². The topological polar surface area (TPSA) is 61.4 Å². The average molecular weight is 242 g/mol. The number of aliphatic hydroxyl groups is 1. The Hall–Kier alpha value is -0.770. The summed E-state index contributed by atoms with van der Waals surface area (Å²) in [6.07, 6.45) is 2.18. The van der Waals surface area contributed by atoms with Crippen LogP contribution in [0.1, 0.15) is 47.5 Å². The number of carbonyl (C=O) groups is 1. The van der Waals surface area contributed by atoms with Crippen LogP contribution in [0, 0.1) is 11.3 Å². The van der Waals surface area contributed by atoms with E-state index in [1.165, 1.54) is 0 Å². The molecule has 0 aromatic carbocycles. The van der Waals surface area contributed by atoms with Crippen LogP contribution in [0.4, 0.5) is 4.79 Å². The van der Waals surface area contributed by atoms with Gasteiger partial charge in [0.15, 0.2) is 0 Å². The van der Waals surface area contributed by atoms with Gasteiger partial charge in [0, 0.05) is 6.04 Å². The first kappa shape index (κ1) is 14.3. The third kappa shape index (κ3) is 3.87. The summed E-state index contributed by atoms with van der Waals surface area (Å²) in [5.41, 5.74) is -0.436. The lowest BCUT2D eigenvalue weighted by atomic mass is 9.88. The molecule has 2 unspecified atom stereocenters. The SMILES string of the molecule is CC(NC(=O)NC(C)(CO)C1CC1)C(C)(C)C. The van der Waals surface area contributed by atoms with Crippen molar-refractivity contribution in [3.05, 3.63) is 0 Å². The van der Waals surface area contributed by atoms with Gasteiger partial charge in [-0.2, -0.15) is 0 Å². The Labute approximate surface area is 104 Å². The zero-order chi connectivity index (χ0) is 13.3. The van der Waals surface area contributed by atoms with E-state index in [0.29, 0.717) is 5.92 Å². The molecule has 0 bridgehead atoms. The fourth-order valence-corrected chi connectivity index (χ4v) is 1.70. The van der Waals surface area contributed by atoms with E-state index in [4.69, 9.17) is 0 Å². The van der Waals surface area contributed by atoms with Gasteiger partial charge in [-0.15, -0.1) is 0 Å². The highest BCUT2D eigenvalue weighted by Crippen LogP contribution is 2.39. The lowest BCUT2D eigenvalue weighted by Gasteiger charge is -2.32. The minimum Gasteiger partial charge on any atom is -0.394 e. The zero-order valence-electron chi connectivity index (χ0n) is 11.6. The fraction of sp³-hybridized carbons (Fsp3) is 0.923. The first-order chi connectivity index (χ1) is 7.69. The average Bonchev–Trinajstić information content (AvgIpc) is 2.98. The summed E-state index contributed by atoms with van der Waals surface area (Å²) in [6, 6.07) is -0.0967. The Morgan fingerprint density at radius 3 is 2.24 bits per heavy atom. The van der Waals surface area contributed by atoms with Gasteiger partial charge in [-0.25, -0.2) is 4.79 Å². The van der Waals surface area contributed by atoms with E-state index < -0.39 is 5.54 Å². The first-order valence-electron chi connectivity index (χ1n) is 6.38. The Kier molecular flexibility index (Phi) is 4.07. The van der Waals surface area contributed by atoms with Gasteiger partial charge >= 0.3 is 6.03 Å². The minimum absolute atomic E-state index is 0.00497. The molecule has 0 aromatic rings. The van der Waals surface area contributed by atoms with Gasteiger partial charge in [0.1, 0.15) is 0 Å². The van der Waals surface area contributed by atoms with E-state index in [2.05, 4.69) is 31.4 Å². The van der Waals surface area contributed by atoms with E-state index in [9.17, 15) is 9.90 Å². The van der Waals surface area contributed by atoms with Crippen LogP contribution in [0.3, 0.4) is 0 Å². The number of nitrogens with one attached hydrogen (secondary N) is 2. The summed E-state index contributed by atoms with van der Waals surface area (Å²) in [5, 5.41) is 15.2. The Bertz CT molecular complexity index is 282. The van der Waals surface area contributed by atoms with Crippen LogP contribution in [0.5, 0.6) is 0 Å². The minimum atomic E-state index is -0.471. The van der Waals surface area contributed by atoms with Gasteiger partial charge in [-0.1, -0.05) is 20.8 Å². The van der Waals surface area contributed by atoms with E-state index in [0.717, 1.165) is 12.8 Å². The number of hydrogen-bond acceptors (Lipinski definition) is 2. The van der Waals surface area contributed by atoms with Crippen LogP contribution in [0.2, 0.25) is 0 Å².